The first-order valence-electron chi connectivity index (χ1n) is 13.9. The fourth-order valence-electron chi connectivity index (χ4n) is 4.12. The summed E-state index contributed by atoms with van der Waals surface area (Å²) in [4.78, 5) is 64.3. The van der Waals surface area contributed by atoms with Gasteiger partial charge in [0.2, 0.25) is 11.9 Å². The number of nitrogens with one attached hydrogen (secondary N) is 2. The minimum atomic E-state index is -0.177. The molecule has 0 saturated carbocycles. The number of hydrogen-bond acceptors (Lipinski definition) is 7. The predicted molar refractivity (Wildman–Crippen MR) is 194 cm³/mol. The lowest BCUT2D eigenvalue weighted by Gasteiger charge is -2.09. The van der Waals surface area contributed by atoms with Gasteiger partial charge < -0.3 is 16.8 Å². The Labute approximate surface area is 294 Å². The number of nitrogens with zero attached hydrogens (tertiary/aromatic N) is 2. The fraction of sp³-hybridized carbons (Fsp3) is 0.387. The van der Waals surface area contributed by atoms with Crippen molar-refractivity contribution in [3.05, 3.63) is 58.7 Å². The van der Waals surface area contributed by atoms with E-state index < -0.39 is 0 Å². The molecule has 0 atom stereocenters. The van der Waals surface area contributed by atoms with Crippen molar-refractivity contribution in [1.82, 2.24) is 5.43 Å². The Morgan fingerprint density at radius 2 is 0.978 bits per heavy atom. The summed E-state index contributed by atoms with van der Waals surface area (Å²) in [5, 5.41) is 6.62. The lowest BCUT2D eigenvalue weighted by Crippen LogP contribution is -2.29. The topological polar surface area (TPSA) is 186 Å². The van der Waals surface area contributed by atoms with E-state index in [4.69, 9.17) is 11.5 Å². The number of halogens is 4. The van der Waals surface area contributed by atoms with Crippen molar-refractivity contribution in [1.29, 1.82) is 0 Å². The number of Topliss-reactive ketones (excluding diaryl/α,β-unsaturated/α-hetero) is 4. The molecule has 1 amide bonds. The SMILES string of the molecule is CC(=O)c1cc(N=C(CCCCCCCCC(=O)Nc2cc(C(C)=O)cc(C(C)=O)c2)NN=C(N)N)cc(C(C)=O)c1.Cl.Cl.Cl.Cl. The highest BCUT2D eigenvalue weighted by Gasteiger charge is 2.11. The van der Waals surface area contributed by atoms with Crippen LogP contribution < -0.4 is 22.2 Å². The van der Waals surface area contributed by atoms with Gasteiger partial charge in [-0.3, -0.25) is 29.4 Å². The van der Waals surface area contributed by atoms with Gasteiger partial charge in [0, 0.05) is 40.8 Å². The third-order valence-corrected chi connectivity index (χ3v) is 6.41. The summed E-state index contributed by atoms with van der Waals surface area (Å²) in [5.41, 5.74) is 16.1. The molecule has 0 radical (unpaired) electrons. The number of amidine groups is 1. The van der Waals surface area contributed by atoms with Gasteiger partial charge in [0.05, 0.1) is 5.69 Å². The number of benzene rings is 2. The summed E-state index contributed by atoms with van der Waals surface area (Å²) in [6.45, 7) is 5.69. The molecular weight excluding hydrogens is 678 g/mol. The highest BCUT2D eigenvalue weighted by atomic mass is 35.5. The number of nitrogens with two attached hydrogens (primary N) is 2. The Kier molecular flexibility index (Phi) is 24.2. The summed E-state index contributed by atoms with van der Waals surface area (Å²) in [7, 11) is 0. The Balaban J connectivity index is -0.00000462. The lowest BCUT2D eigenvalue weighted by atomic mass is 10.0. The van der Waals surface area contributed by atoms with Crippen molar-refractivity contribution in [2.75, 3.05) is 5.32 Å². The minimum absolute atomic E-state index is 0. The van der Waals surface area contributed by atoms with Crippen molar-refractivity contribution in [2.24, 2.45) is 21.6 Å². The molecule has 11 nitrogen and oxygen atoms in total. The summed E-state index contributed by atoms with van der Waals surface area (Å²) >= 11 is 0. The van der Waals surface area contributed by atoms with Crippen LogP contribution in [-0.2, 0) is 4.79 Å². The van der Waals surface area contributed by atoms with Crippen LogP contribution in [0.15, 0.2) is 46.5 Å². The highest BCUT2D eigenvalue weighted by Crippen LogP contribution is 2.21. The van der Waals surface area contributed by atoms with Crippen LogP contribution in [0.2, 0.25) is 0 Å². The number of guanidine groups is 1. The Morgan fingerprint density at radius 1 is 0.587 bits per heavy atom. The molecule has 2 aromatic rings. The van der Waals surface area contributed by atoms with Gasteiger partial charge in [-0.25, -0.2) is 4.99 Å². The van der Waals surface area contributed by atoms with Crippen LogP contribution in [0, 0.1) is 0 Å². The third kappa shape index (κ3) is 17.3. The molecule has 0 fully saturated rings. The number of aliphatic imine (C=N–C) groups is 1. The number of carbonyl (C=O) groups excluding carboxylic acids is 5. The predicted octanol–water partition coefficient (Wildman–Crippen LogP) is 6.75. The quantitative estimate of drug-likeness (QED) is 0.0482. The fourth-order valence-corrected chi connectivity index (χ4v) is 4.12. The number of ketones is 4. The number of carbonyl (C=O) groups is 5. The molecule has 0 saturated heterocycles. The zero-order chi connectivity index (χ0) is 31.2. The Hall–Kier alpha value is -3.51. The standard InChI is InChI=1S/C31H40N6O5.4ClH/c1-19(38)23-13-24(20(2)39)16-27(15-23)34-29(36-37-31(32)33)11-9-7-5-6-8-10-12-30(42)35-28-17-25(21(3)40)14-26(18-28)22(4)41;;;;/h13-18H,5-12H2,1-4H3,(H,34,36)(H,35,42)(H4,32,33,37);4*1H. The second-order valence-electron chi connectivity index (χ2n) is 10.2. The summed E-state index contributed by atoms with van der Waals surface area (Å²) < 4.78 is 0. The van der Waals surface area contributed by atoms with Crippen molar-refractivity contribution < 1.29 is 24.0 Å². The average molecular weight is 723 g/mol. The zero-order valence-electron chi connectivity index (χ0n) is 26.3. The van der Waals surface area contributed by atoms with Crippen molar-refractivity contribution >= 4 is 102 Å². The first kappa shape index (κ1) is 46.9. The van der Waals surface area contributed by atoms with Gasteiger partial charge >= 0.3 is 0 Å². The summed E-state index contributed by atoms with van der Waals surface area (Å²) in [5.74, 6) is -0.521. The molecule has 2 aromatic carbocycles. The van der Waals surface area contributed by atoms with Crippen molar-refractivity contribution in [2.45, 2.75) is 79.1 Å². The van der Waals surface area contributed by atoms with Crippen LogP contribution in [-0.4, -0.2) is 40.8 Å². The monoisotopic (exact) mass is 720 g/mol. The maximum Gasteiger partial charge on any atom is 0.224 e. The molecule has 0 unspecified atom stereocenters. The van der Waals surface area contributed by atoms with Gasteiger partial charge in [0.25, 0.3) is 0 Å². The minimum Gasteiger partial charge on any atom is -0.369 e. The molecule has 0 aliphatic rings. The van der Waals surface area contributed by atoms with E-state index in [0.29, 0.717) is 58.7 Å². The largest absolute Gasteiger partial charge is 0.369 e. The molecule has 15 heteroatoms. The number of amides is 1. The number of rotatable bonds is 16. The number of hydrazone groups is 1. The van der Waals surface area contributed by atoms with Gasteiger partial charge in [-0.1, -0.05) is 25.7 Å². The third-order valence-electron chi connectivity index (χ3n) is 6.41. The van der Waals surface area contributed by atoms with E-state index in [1.807, 2.05) is 0 Å². The molecule has 0 bridgehead atoms. The highest BCUT2D eigenvalue weighted by molar-refractivity contribution is 6.03. The van der Waals surface area contributed by atoms with Gasteiger partial charge in [0.15, 0.2) is 23.1 Å². The molecule has 0 heterocycles. The molecule has 6 N–H and O–H groups in total. The lowest BCUT2D eigenvalue weighted by molar-refractivity contribution is -0.116. The molecule has 46 heavy (non-hydrogen) atoms. The molecule has 256 valence electrons. The normalized spacial score (nSPS) is 10.0. The van der Waals surface area contributed by atoms with E-state index in [0.717, 1.165) is 32.1 Å². The van der Waals surface area contributed by atoms with Gasteiger partial charge in [-0.15, -0.1) is 54.7 Å². The van der Waals surface area contributed by atoms with E-state index >= 15 is 0 Å². The maximum absolute atomic E-state index is 12.4. The van der Waals surface area contributed by atoms with Crippen molar-refractivity contribution in [3.63, 3.8) is 0 Å². The van der Waals surface area contributed by atoms with Gasteiger partial charge in [-0.05, 0) is 76.9 Å². The smallest absolute Gasteiger partial charge is 0.224 e. The summed E-state index contributed by atoms with van der Waals surface area (Å²) in [6, 6.07) is 9.47. The maximum atomic E-state index is 12.4. The van der Waals surface area contributed by atoms with Gasteiger partial charge in [0.1, 0.15) is 5.84 Å². The van der Waals surface area contributed by atoms with Crippen LogP contribution >= 0.6 is 49.6 Å². The average Bonchev–Trinajstić information content (AvgIpc) is 2.92. The molecule has 2 rings (SSSR count). The van der Waals surface area contributed by atoms with Gasteiger partial charge in [-0.2, -0.15) is 0 Å². The number of unbranched alkanes of at least 4 members (excludes halogenated alkanes) is 5. The Bertz CT molecular complexity index is 1350. The molecule has 0 aliphatic heterocycles. The van der Waals surface area contributed by atoms with E-state index in [-0.39, 0.29) is 84.6 Å². The molecule has 0 spiro atoms. The molecule has 0 aliphatic carbocycles. The van der Waals surface area contributed by atoms with E-state index in [1.165, 1.54) is 33.8 Å². The van der Waals surface area contributed by atoms with Crippen LogP contribution in [0.3, 0.4) is 0 Å². The van der Waals surface area contributed by atoms with Crippen molar-refractivity contribution in [3.8, 4) is 0 Å². The molecule has 0 aromatic heterocycles. The van der Waals surface area contributed by atoms with Crippen LogP contribution in [0.25, 0.3) is 0 Å². The van der Waals surface area contributed by atoms with E-state index in [9.17, 15) is 24.0 Å². The summed E-state index contributed by atoms with van der Waals surface area (Å²) in [6.07, 6.45) is 6.06. The first-order chi connectivity index (χ1) is 19.8. The molecular formula is C31H44Cl4N6O5. The zero-order valence-corrected chi connectivity index (χ0v) is 29.6. The van der Waals surface area contributed by atoms with Crippen LogP contribution in [0.1, 0.15) is 120 Å². The second-order valence-corrected chi connectivity index (χ2v) is 10.2. The number of hydrogen-bond donors (Lipinski definition) is 4. The van der Waals surface area contributed by atoms with Crippen LogP contribution in [0.5, 0.6) is 0 Å². The van der Waals surface area contributed by atoms with E-state index in [1.54, 1.807) is 30.3 Å². The van der Waals surface area contributed by atoms with E-state index in [2.05, 4.69) is 20.8 Å². The second kappa shape index (κ2) is 23.8. The first-order valence-corrected chi connectivity index (χ1v) is 13.9. The van der Waals surface area contributed by atoms with Crippen LogP contribution in [0.4, 0.5) is 11.4 Å². The Morgan fingerprint density at radius 3 is 1.39 bits per heavy atom. The number of anilines is 1.